The fraction of sp³-hybridized carbons (Fsp3) is 0.714. The van der Waals surface area contributed by atoms with Crippen molar-refractivity contribution in [2.24, 2.45) is 0 Å². The molecule has 1 aliphatic rings. The molecule has 0 aliphatic carbocycles. The van der Waals surface area contributed by atoms with Gasteiger partial charge in [0, 0.05) is 6.92 Å². The number of carbonyl (C=O) groups excluding carboxylic acids is 4. The van der Waals surface area contributed by atoms with Crippen LogP contribution in [0.15, 0.2) is 0 Å². The van der Waals surface area contributed by atoms with E-state index in [4.69, 9.17) is 18.8 Å². The van der Waals surface area contributed by atoms with Crippen molar-refractivity contribution in [1.82, 2.24) is 5.32 Å². The maximum absolute atomic E-state index is 11.4. The topological polar surface area (TPSA) is 242 Å². The summed E-state index contributed by atoms with van der Waals surface area (Å²) in [4.78, 5) is 43.9. The summed E-state index contributed by atoms with van der Waals surface area (Å²) >= 11 is 0. The van der Waals surface area contributed by atoms with Crippen molar-refractivity contribution in [3.05, 3.63) is 0 Å². The number of aliphatic hydroxyl groups excluding tert-OH is 3. The maximum atomic E-state index is 11.4. The summed E-state index contributed by atoms with van der Waals surface area (Å²) in [6.45, 7) is -0.169. The average molecular weight is 475 g/mol. The Morgan fingerprint density at radius 3 is 2.35 bits per heavy atom. The molecule has 8 unspecified atom stereocenters. The molecular weight excluding hydrogens is 454 g/mol. The summed E-state index contributed by atoms with van der Waals surface area (Å²) in [5, 5.41) is 32.1. The van der Waals surface area contributed by atoms with E-state index in [0.29, 0.717) is 0 Å². The van der Waals surface area contributed by atoms with Crippen molar-refractivity contribution < 1.29 is 70.6 Å². The van der Waals surface area contributed by atoms with E-state index in [1.54, 1.807) is 0 Å². The molecule has 0 radical (unpaired) electrons. The third-order valence-electron chi connectivity index (χ3n) is 3.72. The Hall–Kier alpha value is -2.09. The second kappa shape index (κ2) is 12.1. The van der Waals surface area contributed by atoms with Gasteiger partial charge in [-0.1, -0.05) is 0 Å². The first-order valence-electron chi connectivity index (χ1n) is 8.32. The molecule has 1 amide bonds. The molecule has 178 valence electrons. The van der Waals surface area contributed by atoms with E-state index in [9.17, 15) is 42.9 Å². The Bertz CT molecular complexity index is 729. The predicted molar refractivity (Wildman–Crippen MR) is 90.8 cm³/mol. The van der Waals surface area contributed by atoms with E-state index in [-0.39, 0.29) is 19.0 Å². The lowest BCUT2D eigenvalue weighted by Gasteiger charge is -2.43. The monoisotopic (exact) mass is 475 g/mol. The SMILES string of the molecule is CC(=O)NC1C(O)OC(COS(=O)(=O)O)C(O)C1OC(C=O)OC(OC=O)C(O)C=O. The van der Waals surface area contributed by atoms with Crippen LogP contribution in [0, 0.1) is 0 Å². The van der Waals surface area contributed by atoms with Gasteiger partial charge in [0.1, 0.15) is 24.4 Å². The molecule has 1 heterocycles. The second-order valence-corrected chi connectivity index (χ2v) is 7.05. The Morgan fingerprint density at radius 1 is 1.23 bits per heavy atom. The van der Waals surface area contributed by atoms with Gasteiger partial charge in [-0.05, 0) is 0 Å². The normalized spacial score (nSPS) is 29.3. The van der Waals surface area contributed by atoms with Gasteiger partial charge in [0.15, 0.2) is 25.0 Å². The Balaban J connectivity index is 3.08. The zero-order chi connectivity index (χ0) is 23.8. The highest BCUT2D eigenvalue weighted by Gasteiger charge is 2.48. The predicted octanol–water partition coefficient (Wildman–Crippen LogP) is -4.63. The standard InChI is InChI=1S/C14H21NO15S/c1-6(19)15-10-12(11(21)8(28-13(10)22)4-27-31(23,24)25)29-9(3-17)30-14(26-5-18)7(20)2-16/h2-3,5,7-14,20-22H,4H2,1H3,(H,15,19)(H,23,24,25). The molecule has 1 fully saturated rings. The molecule has 1 saturated heterocycles. The molecule has 5 N–H and O–H groups in total. The molecule has 0 aromatic carbocycles. The van der Waals surface area contributed by atoms with Crippen molar-refractivity contribution in [3.63, 3.8) is 0 Å². The van der Waals surface area contributed by atoms with Gasteiger partial charge in [0.05, 0.1) is 6.61 Å². The van der Waals surface area contributed by atoms with Crippen molar-refractivity contribution in [1.29, 1.82) is 0 Å². The smallest absolute Gasteiger partial charge is 0.397 e. The number of hydrogen-bond acceptors (Lipinski definition) is 14. The van der Waals surface area contributed by atoms with Crippen LogP contribution in [0.1, 0.15) is 6.92 Å². The highest BCUT2D eigenvalue weighted by Crippen LogP contribution is 2.25. The molecule has 8 atom stereocenters. The number of hydrogen-bond donors (Lipinski definition) is 5. The Labute approximate surface area is 174 Å². The van der Waals surface area contributed by atoms with Crippen LogP contribution in [0.3, 0.4) is 0 Å². The summed E-state index contributed by atoms with van der Waals surface area (Å²) < 4.78 is 53.5. The largest absolute Gasteiger partial charge is 0.434 e. The van der Waals surface area contributed by atoms with Crippen LogP contribution >= 0.6 is 0 Å². The van der Waals surface area contributed by atoms with E-state index >= 15 is 0 Å². The minimum atomic E-state index is -4.95. The van der Waals surface area contributed by atoms with Gasteiger partial charge >= 0.3 is 10.4 Å². The molecule has 0 aromatic heterocycles. The molecule has 0 saturated carbocycles. The van der Waals surface area contributed by atoms with Gasteiger partial charge in [-0.15, -0.1) is 0 Å². The Kier molecular flexibility index (Phi) is 10.5. The van der Waals surface area contributed by atoms with Crippen LogP contribution in [0.5, 0.6) is 0 Å². The zero-order valence-electron chi connectivity index (χ0n) is 15.7. The number of nitrogens with one attached hydrogen (secondary N) is 1. The lowest BCUT2D eigenvalue weighted by molar-refractivity contribution is -0.302. The number of ether oxygens (including phenoxy) is 4. The van der Waals surface area contributed by atoms with Crippen LogP contribution < -0.4 is 5.32 Å². The minimum Gasteiger partial charge on any atom is -0.434 e. The van der Waals surface area contributed by atoms with Gasteiger partial charge in [-0.2, -0.15) is 8.42 Å². The number of aliphatic hydroxyl groups is 3. The van der Waals surface area contributed by atoms with Crippen LogP contribution in [0.2, 0.25) is 0 Å². The first-order valence-corrected chi connectivity index (χ1v) is 9.69. The average Bonchev–Trinajstić information content (AvgIpc) is 2.68. The zero-order valence-corrected chi connectivity index (χ0v) is 16.6. The number of rotatable bonds is 13. The molecule has 1 aliphatic heterocycles. The quantitative estimate of drug-likeness (QED) is 0.0955. The second-order valence-electron chi connectivity index (χ2n) is 5.96. The highest BCUT2D eigenvalue weighted by molar-refractivity contribution is 7.80. The molecule has 0 spiro atoms. The van der Waals surface area contributed by atoms with E-state index in [0.717, 1.165) is 6.92 Å². The summed E-state index contributed by atoms with van der Waals surface area (Å²) in [5.74, 6) is -0.733. The number of aldehydes is 2. The fourth-order valence-electron chi connectivity index (χ4n) is 2.47. The van der Waals surface area contributed by atoms with Gasteiger partial charge < -0.3 is 44.4 Å². The maximum Gasteiger partial charge on any atom is 0.397 e. The van der Waals surface area contributed by atoms with Crippen molar-refractivity contribution in [3.8, 4) is 0 Å². The molecule has 0 aromatic rings. The molecular formula is C14H21NO15S. The van der Waals surface area contributed by atoms with E-state index in [1.807, 2.05) is 0 Å². The minimum absolute atomic E-state index is 0.0399. The summed E-state index contributed by atoms with van der Waals surface area (Å²) in [7, 11) is -4.95. The lowest BCUT2D eigenvalue weighted by atomic mass is 9.96. The molecule has 31 heavy (non-hydrogen) atoms. The molecule has 16 nitrogen and oxygen atoms in total. The lowest BCUT2D eigenvalue weighted by Crippen LogP contribution is -2.65. The van der Waals surface area contributed by atoms with Crippen LogP contribution in [-0.2, 0) is 52.7 Å². The van der Waals surface area contributed by atoms with E-state index in [1.165, 1.54) is 0 Å². The van der Waals surface area contributed by atoms with Gasteiger partial charge in [0.2, 0.25) is 18.5 Å². The van der Waals surface area contributed by atoms with Crippen LogP contribution in [-0.4, -0.2) is 109 Å². The van der Waals surface area contributed by atoms with E-state index in [2.05, 4.69) is 14.2 Å². The highest BCUT2D eigenvalue weighted by atomic mass is 32.3. The van der Waals surface area contributed by atoms with Gasteiger partial charge in [-0.25, -0.2) is 4.18 Å². The van der Waals surface area contributed by atoms with Crippen molar-refractivity contribution in [2.45, 2.75) is 56.3 Å². The van der Waals surface area contributed by atoms with E-state index < -0.39 is 72.2 Å². The first-order chi connectivity index (χ1) is 14.4. The Morgan fingerprint density at radius 2 is 1.87 bits per heavy atom. The number of amides is 1. The van der Waals surface area contributed by atoms with Gasteiger partial charge in [0.25, 0.3) is 6.47 Å². The third kappa shape index (κ3) is 8.51. The summed E-state index contributed by atoms with van der Waals surface area (Å²) in [6.07, 6.45) is -13.4. The third-order valence-corrected chi connectivity index (χ3v) is 4.16. The van der Waals surface area contributed by atoms with Crippen LogP contribution in [0.4, 0.5) is 0 Å². The van der Waals surface area contributed by atoms with Crippen molar-refractivity contribution >= 4 is 35.4 Å². The van der Waals surface area contributed by atoms with Crippen LogP contribution in [0.25, 0.3) is 0 Å². The first kappa shape index (κ1) is 26.9. The summed E-state index contributed by atoms with van der Waals surface area (Å²) in [6, 6.07) is -1.54. The molecule has 0 bridgehead atoms. The molecule has 17 heteroatoms. The summed E-state index contributed by atoms with van der Waals surface area (Å²) in [5.41, 5.74) is 0. The van der Waals surface area contributed by atoms with Crippen molar-refractivity contribution in [2.75, 3.05) is 6.61 Å². The van der Waals surface area contributed by atoms with Gasteiger partial charge in [-0.3, -0.25) is 18.9 Å². The number of carbonyl (C=O) groups is 4. The fourth-order valence-corrected chi connectivity index (χ4v) is 2.78. The molecule has 1 rings (SSSR count).